The Morgan fingerprint density at radius 2 is 1.90 bits per heavy atom. The third kappa shape index (κ3) is 3.57. The zero-order chi connectivity index (χ0) is 21.4. The summed E-state index contributed by atoms with van der Waals surface area (Å²) in [6.07, 6.45) is 0.243. The average molecular weight is 488 g/mol. The van der Waals surface area contributed by atoms with Gasteiger partial charge in [-0.1, -0.05) is 18.2 Å². The fraction of sp³-hybridized carbons (Fsp3) is 0.182. The summed E-state index contributed by atoms with van der Waals surface area (Å²) in [7, 11) is 3.16. The number of methoxy groups -OCH3 is 2. The van der Waals surface area contributed by atoms with Gasteiger partial charge in [0.25, 0.3) is 0 Å². The minimum Gasteiger partial charge on any atom is -0.497 e. The van der Waals surface area contributed by atoms with Crippen molar-refractivity contribution < 1.29 is 24.2 Å². The summed E-state index contributed by atoms with van der Waals surface area (Å²) >= 11 is 4.70. The number of carbonyl (C=O) groups is 2. The van der Waals surface area contributed by atoms with E-state index >= 15 is 0 Å². The molecule has 2 heterocycles. The number of benzene rings is 2. The predicted molar refractivity (Wildman–Crippen MR) is 119 cm³/mol. The highest BCUT2D eigenvalue weighted by Crippen LogP contribution is 2.50. The summed E-state index contributed by atoms with van der Waals surface area (Å²) in [5, 5.41) is 12.8. The van der Waals surface area contributed by atoms with Crippen LogP contribution in [0.5, 0.6) is 11.5 Å². The molecule has 0 fully saturated rings. The number of rotatable bonds is 5. The van der Waals surface area contributed by atoms with Gasteiger partial charge in [0, 0.05) is 22.8 Å². The van der Waals surface area contributed by atoms with Crippen molar-refractivity contribution in [3.63, 3.8) is 0 Å². The molecule has 0 bridgehead atoms. The van der Waals surface area contributed by atoms with E-state index in [0.717, 1.165) is 14.9 Å². The molecule has 4 rings (SSSR count). The summed E-state index contributed by atoms with van der Waals surface area (Å²) in [6, 6.07) is 12.8. The predicted octanol–water partition coefficient (Wildman–Crippen LogP) is 5.37. The van der Waals surface area contributed by atoms with Crippen molar-refractivity contribution in [2.45, 2.75) is 12.3 Å². The van der Waals surface area contributed by atoms with Crippen molar-refractivity contribution in [2.24, 2.45) is 0 Å². The van der Waals surface area contributed by atoms with Crippen LogP contribution < -0.4 is 14.8 Å². The van der Waals surface area contributed by atoms with E-state index in [4.69, 9.17) is 9.47 Å². The lowest BCUT2D eigenvalue weighted by Gasteiger charge is -2.24. The summed E-state index contributed by atoms with van der Waals surface area (Å²) in [6.45, 7) is 0. The van der Waals surface area contributed by atoms with Crippen LogP contribution in [-0.2, 0) is 4.79 Å². The second kappa shape index (κ2) is 8.12. The highest BCUT2D eigenvalue weighted by atomic mass is 79.9. The standard InChI is InChI=1S/C22H18BrNO5S/c1-28-13-6-3-11(4-7-13)18-19-20(30-21(18)22(26)27)14(10-17(25)24-19)12-5-8-16(29-2)15(23)9-12/h3-9,14H,10H2,1-2H3,(H,24,25)(H,26,27)/t14-/m1/s1. The quantitative estimate of drug-likeness (QED) is 0.505. The van der Waals surface area contributed by atoms with E-state index in [1.165, 1.54) is 11.3 Å². The maximum Gasteiger partial charge on any atom is 0.346 e. The lowest BCUT2D eigenvalue weighted by molar-refractivity contribution is -0.116. The van der Waals surface area contributed by atoms with Gasteiger partial charge in [-0.3, -0.25) is 4.79 Å². The average Bonchev–Trinajstić information content (AvgIpc) is 3.12. The summed E-state index contributed by atoms with van der Waals surface area (Å²) in [5.41, 5.74) is 2.72. The number of aromatic carboxylic acids is 1. The first kappa shape index (κ1) is 20.4. The zero-order valence-electron chi connectivity index (χ0n) is 16.2. The number of ether oxygens (including phenoxy) is 2. The van der Waals surface area contributed by atoms with Gasteiger partial charge in [-0.2, -0.15) is 0 Å². The van der Waals surface area contributed by atoms with Crippen LogP contribution in [0.3, 0.4) is 0 Å². The summed E-state index contributed by atoms with van der Waals surface area (Å²) in [4.78, 5) is 25.6. The van der Waals surface area contributed by atoms with Gasteiger partial charge in [0.2, 0.25) is 5.91 Å². The Morgan fingerprint density at radius 3 is 2.50 bits per heavy atom. The van der Waals surface area contributed by atoms with Gasteiger partial charge in [-0.25, -0.2) is 4.79 Å². The Kier molecular flexibility index (Phi) is 5.53. The normalized spacial score (nSPS) is 15.3. The lowest BCUT2D eigenvalue weighted by Crippen LogP contribution is -2.22. The van der Waals surface area contributed by atoms with E-state index in [0.29, 0.717) is 28.3 Å². The fourth-order valence-corrected chi connectivity index (χ4v) is 5.44. The molecule has 2 N–H and O–H groups in total. The summed E-state index contributed by atoms with van der Waals surface area (Å²) in [5.74, 6) is -0.0561. The van der Waals surface area contributed by atoms with E-state index in [1.807, 2.05) is 18.2 Å². The minimum atomic E-state index is -1.02. The molecule has 0 unspecified atom stereocenters. The van der Waals surface area contributed by atoms with Crippen molar-refractivity contribution in [1.29, 1.82) is 0 Å². The Hall–Kier alpha value is -2.84. The third-order valence-corrected chi connectivity index (χ3v) is 6.97. The van der Waals surface area contributed by atoms with Gasteiger partial charge in [-0.05, 0) is 51.3 Å². The summed E-state index contributed by atoms with van der Waals surface area (Å²) < 4.78 is 11.3. The Labute approximate surface area is 185 Å². The molecular weight excluding hydrogens is 470 g/mol. The van der Waals surface area contributed by atoms with Gasteiger partial charge in [0.1, 0.15) is 16.4 Å². The highest BCUT2D eigenvalue weighted by Gasteiger charge is 2.34. The second-order valence-electron chi connectivity index (χ2n) is 6.78. The molecule has 1 atom stereocenters. The van der Waals surface area contributed by atoms with Crippen molar-refractivity contribution in [2.75, 3.05) is 19.5 Å². The van der Waals surface area contributed by atoms with Crippen molar-refractivity contribution >= 4 is 44.8 Å². The van der Waals surface area contributed by atoms with Crippen LogP contribution in [0.4, 0.5) is 5.69 Å². The van der Waals surface area contributed by atoms with Crippen LogP contribution in [0.2, 0.25) is 0 Å². The van der Waals surface area contributed by atoms with E-state index < -0.39 is 5.97 Å². The van der Waals surface area contributed by atoms with Crippen LogP contribution in [-0.4, -0.2) is 31.2 Å². The molecular formula is C22H18BrNO5S. The molecule has 30 heavy (non-hydrogen) atoms. The van der Waals surface area contributed by atoms with Gasteiger partial charge in [0.05, 0.1) is 24.4 Å². The van der Waals surface area contributed by atoms with Crippen LogP contribution >= 0.6 is 27.3 Å². The molecule has 154 valence electrons. The molecule has 1 aliphatic heterocycles. The van der Waals surface area contributed by atoms with E-state index in [9.17, 15) is 14.7 Å². The maximum absolute atomic E-state index is 12.6. The van der Waals surface area contributed by atoms with E-state index in [-0.39, 0.29) is 23.1 Å². The van der Waals surface area contributed by atoms with E-state index in [1.54, 1.807) is 38.5 Å². The number of thiophene rings is 1. The molecule has 1 aliphatic rings. The lowest BCUT2D eigenvalue weighted by atomic mass is 9.88. The maximum atomic E-state index is 12.6. The molecule has 2 aromatic carbocycles. The van der Waals surface area contributed by atoms with Gasteiger partial charge < -0.3 is 19.9 Å². The molecule has 3 aromatic rings. The van der Waals surface area contributed by atoms with Gasteiger partial charge in [0.15, 0.2) is 0 Å². The Balaban J connectivity index is 1.88. The van der Waals surface area contributed by atoms with Crippen LogP contribution in [0.1, 0.15) is 32.5 Å². The first-order chi connectivity index (χ1) is 14.4. The van der Waals surface area contributed by atoms with Gasteiger partial charge >= 0.3 is 5.97 Å². The Bertz CT molecular complexity index is 1140. The van der Waals surface area contributed by atoms with Crippen LogP contribution in [0.25, 0.3) is 11.1 Å². The second-order valence-corrected chi connectivity index (χ2v) is 8.68. The van der Waals surface area contributed by atoms with E-state index in [2.05, 4.69) is 21.2 Å². The first-order valence-corrected chi connectivity index (χ1v) is 10.7. The number of carbonyl (C=O) groups excluding carboxylic acids is 1. The first-order valence-electron chi connectivity index (χ1n) is 9.10. The smallest absolute Gasteiger partial charge is 0.346 e. The number of amides is 1. The molecule has 6 nitrogen and oxygen atoms in total. The number of hydrogen-bond acceptors (Lipinski definition) is 5. The zero-order valence-corrected chi connectivity index (χ0v) is 18.6. The molecule has 1 amide bonds. The number of carboxylic acids is 1. The van der Waals surface area contributed by atoms with Crippen molar-refractivity contribution in [1.82, 2.24) is 0 Å². The molecule has 8 heteroatoms. The largest absolute Gasteiger partial charge is 0.497 e. The fourth-order valence-electron chi connectivity index (χ4n) is 3.64. The number of fused-ring (bicyclic) bond motifs is 1. The Morgan fingerprint density at radius 1 is 1.17 bits per heavy atom. The number of anilines is 1. The molecule has 1 aromatic heterocycles. The number of nitrogens with one attached hydrogen (secondary N) is 1. The van der Waals surface area contributed by atoms with Crippen LogP contribution in [0, 0.1) is 0 Å². The van der Waals surface area contributed by atoms with Crippen molar-refractivity contribution in [3.05, 3.63) is 62.3 Å². The SMILES string of the molecule is COc1ccc(-c2c(C(=O)O)sc3c2NC(=O)C[C@@H]3c2ccc(OC)c(Br)c2)cc1. The molecule has 0 radical (unpaired) electrons. The highest BCUT2D eigenvalue weighted by molar-refractivity contribution is 9.10. The van der Waals surface area contributed by atoms with Crippen molar-refractivity contribution in [3.8, 4) is 22.6 Å². The monoisotopic (exact) mass is 487 g/mol. The molecule has 0 saturated carbocycles. The number of carboxylic acid groups (broad SMARTS) is 1. The number of hydrogen-bond donors (Lipinski definition) is 2. The third-order valence-electron chi connectivity index (χ3n) is 5.06. The minimum absolute atomic E-state index is 0.149. The number of halogens is 1. The molecule has 0 spiro atoms. The molecule has 0 aliphatic carbocycles. The molecule has 0 saturated heterocycles. The van der Waals surface area contributed by atoms with Crippen LogP contribution in [0.15, 0.2) is 46.9 Å². The van der Waals surface area contributed by atoms with Gasteiger partial charge in [-0.15, -0.1) is 11.3 Å². The topological polar surface area (TPSA) is 84.9 Å².